The van der Waals surface area contributed by atoms with Crippen molar-refractivity contribution in [2.75, 3.05) is 38.5 Å². The number of ether oxygens (including phenoxy) is 1. The summed E-state index contributed by atoms with van der Waals surface area (Å²) in [5, 5.41) is 2.03. The Labute approximate surface area is 140 Å². The van der Waals surface area contributed by atoms with Gasteiger partial charge >= 0.3 is 0 Å². The number of amides is 2. The highest BCUT2D eigenvalue weighted by molar-refractivity contribution is 7.96. The van der Waals surface area contributed by atoms with Gasteiger partial charge < -0.3 is 19.9 Å². The molecule has 0 aromatic heterocycles. The maximum absolute atomic E-state index is 12.6. The zero-order chi connectivity index (χ0) is 16.8. The van der Waals surface area contributed by atoms with E-state index in [0.717, 1.165) is 13.1 Å². The van der Waals surface area contributed by atoms with Gasteiger partial charge in [0, 0.05) is 37.4 Å². The van der Waals surface area contributed by atoms with E-state index in [-0.39, 0.29) is 12.4 Å². The Balaban J connectivity index is 2.12. The molecule has 1 aromatic rings. The second-order valence-electron chi connectivity index (χ2n) is 5.29. The largest absolute Gasteiger partial charge is 0.449 e. The van der Waals surface area contributed by atoms with Crippen LogP contribution < -0.4 is 5.32 Å². The second kappa shape index (κ2) is 7.98. The van der Waals surface area contributed by atoms with Crippen molar-refractivity contribution >= 4 is 35.9 Å². The highest BCUT2D eigenvalue weighted by atomic mass is 32.1. The van der Waals surface area contributed by atoms with E-state index in [1.54, 1.807) is 29.2 Å². The van der Waals surface area contributed by atoms with Crippen molar-refractivity contribution in [2.24, 2.45) is 0 Å². The van der Waals surface area contributed by atoms with Crippen molar-refractivity contribution in [1.29, 1.82) is 0 Å². The Hall–Kier alpha value is -2.06. The molecule has 2 amide bonds. The molecule has 0 aliphatic carbocycles. The van der Waals surface area contributed by atoms with E-state index in [4.69, 9.17) is 4.74 Å². The first kappa shape index (κ1) is 17.3. The van der Waals surface area contributed by atoms with Gasteiger partial charge in [-0.05, 0) is 19.2 Å². The van der Waals surface area contributed by atoms with E-state index in [1.165, 1.54) is 0 Å². The summed E-state index contributed by atoms with van der Waals surface area (Å²) in [4.78, 5) is 38.1. The Morgan fingerprint density at radius 1 is 1.22 bits per heavy atom. The number of nitrogens with zero attached hydrogens (tertiary/aromatic N) is 2. The topological polar surface area (TPSA) is 79.0 Å². The van der Waals surface area contributed by atoms with Crippen molar-refractivity contribution in [1.82, 2.24) is 9.80 Å². The first-order valence-electron chi connectivity index (χ1n) is 7.17. The van der Waals surface area contributed by atoms with E-state index >= 15 is 0 Å². The molecule has 1 atom stereocenters. The average Bonchev–Trinajstić information content (AvgIpc) is 2.53. The lowest BCUT2D eigenvalue weighted by molar-refractivity contribution is -0.153. The molecule has 1 heterocycles. The lowest BCUT2D eigenvalue weighted by Gasteiger charge is -2.34. The minimum atomic E-state index is -0.975. The van der Waals surface area contributed by atoms with Crippen molar-refractivity contribution in [2.45, 2.75) is 6.10 Å². The lowest BCUT2D eigenvalue weighted by atomic mass is 10.1. The molecular formula is C15H19N3O4S. The molecule has 1 saturated heterocycles. The normalized spacial score (nSPS) is 16.5. The molecule has 1 aliphatic heterocycles. The molecule has 7 nitrogen and oxygen atoms in total. The molecule has 124 valence electrons. The third kappa shape index (κ3) is 4.70. The summed E-state index contributed by atoms with van der Waals surface area (Å²) >= 11 is 3.63. The smallest absolute Gasteiger partial charge is 0.294 e. The number of benzene rings is 1. The fourth-order valence-electron chi connectivity index (χ4n) is 2.39. The predicted molar refractivity (Wildman–Crippen MR) is 88.4 cm³/mol. The van der Waals surface area contributed by atoms with E-state index in [2.05, 4.69) is 22.8 Å². The van der Waals surface area contributed by atoms with Crippen molar-refractivity contribution in [3.63, 3.8) is 0 Å². The highest BCUT2D eigenvalue weighted by Gasteiger charge is 2.29. The minimum Gasteiger partial charge on any atom is -0.449 e. The molecule has 0 bridgehead atoms. The van der Waals surface area contributed by atoms with Crippen molar-refractivity contribution in [3.05, 3.63) is 29.8 Å². The Morgan fingerprint density at radius 3 is 2.35 bits per heavy atom. The fourth-order valence-corrected chi connectivity index (χ4v) is 2.52. The summed E-state index contributed by atoms with van der Waals surface area (Å²) in [5.74, 6) is -0.240. The van der Waals surface area contributed by atoms with Crippen LogP contribution in [0.25, 0.3) is 0 Å². The number of carbonyl (C=O) groups is 3. The van der Waals surface area contributed by atoms with Crippen LogP contribution in [0.5, 0.6) is 0 Å². The summed E-state index contributed by atoms with van der Waals surface area (Å²) in [7, 11) is 2.00. The van der Waals surface area contributed by atoms with Crippen LogP contribution >= 0.6 is 12.6 Å². The van der Waals surface area contributed by atoms with Gasteiger partial charge in [0.1, 0.15) is 0 Å². The summed E-state index contributed by atoms with van der Waals surface area (Å²) in [5.41, 5.74) is 1.10. The van der Waals surface area contributed by atoms with Gasteiger partial charge in [-0.15, -0.1) is 0 Å². The van der Waals surface area contributed by atoms with Crippen molar-refractivity contribution < 1.29 is 19.1 Å². The number of anilines is 1. The van der Waals surface area contributed by atoms with E-state index < -0.39 is 11.3 Å². The van der Waals surface area contributed by atoms with E-state index in [0.29, 0.717) is 24.3 Å². The summed E-state index contributed by atoms with van der Waals surface area (Å²) < 4.78 is 5.00. The quantitative estimate of drug-likeness (QED) is 0.622. The Kier molecular flexibility index (Phi) is 6.00. The SMILES string of the molecule is CN1CCN(C(=O)C(OC=O)c2ccc(NC(=O)S)cc2)CC1. The minimum absolute atomic E-state index is 0.240. The number of thiol groups is 1. The molecule has 0 spiro atoms. The van der Waals surface area contributed by atoms with Gasteiger partial charge in [-0.3, -0.25) is 14.4 Å². The Morgan fingerprint density at radius 2 is 1.83 bits per heavy atom. The van der Waals surface area contributed by atoms with Crippen LogP contribution in [0.4, 0.5) is 10.5 Å². The maximum atomic E-state index is 12.6. The molecule has 23 heavy (non-hydrogen) atoms. The monoisotopic (exact) mass is 337 g/mol. The van der Waals surface area contributed by atoms with E-state index in [1.807, 2.05) is 7.05 Å². The van der Waals surface area contributed by atoms with Crippen LogP contribution in [0.2, 0.25) is 0 Å². The van der Waals surface area contributed by atoms with Gasteiger partial charge in [-0.1, -0.05) is 24.8 Å². The van der Waals surface area contributed by atoms with Crippen LogP contribution in [0.3, 0.4) is 0 Å². The van der Waals surface area contributed by atoms with Crippen LogP contribution in [-0.4, -0.2) is 60.6 Å². The number of nitrogens with one attached hydrogen (secondary N) is 1. The predicted octanol–water partition coefficient (Wildman–Crippen LogP) is 1.14. The van der Waals surface area contributed by atoms with Gasteiger partial charge in [-0.25, -0.2) is 0 Å². The molecule has 2 rings (SSSR count). The molecule has 1 aliphatic rings. The fraction of sp³-hybridized carbons (Fsp3) is 0.400. The standard InChI is InChI=1S/C15H19N3O4S/c1-17-6-8-18(9-7-17)14(20)13(22-10-19)11-2-4-12(5-3-11)16-15(21)23/h2-5,10,13H,6-9H2,1H3,(H2,16,21,23). The second-order valence-corrected chi connectivity index (χ2v) is 5.70. The number of piperazine rings is 1. The van der Waals surface area contributed by atoms with Crippen LogP contribution in [-0.2, 0) is 14.3 Å². The van der Waals surface area contributed by atoms with Crippen LogP contribution in [0.15, 0.2) is 24.3 Å². The molecule has 0 saturated carbocycles. The molecular weight excluding hydrogens is 318 g/mol. The van der Waals surface area contributed by atoms with Gasteiger partial charge in [0.25, 0.3) is 17.6 Å². The Bertz CT molecular complexity index is 571. The lowest BCUT2D eigenvalue weighted by Crippen LogP contribution is -2.48. The van der Waals surface area contributed by atoms with Gasteiger partial charge in [0.15, 0.2) is 0 Å². The van der Waals surface area contributed by atoms with Gasteiger partial charge in [0.05, 0.1) is 0 Å². The zero-order valence-electron chi connectivity index (χ0n) is 12.8. The average molecular weight is 337 g/mol. The summed E-state index contributed by atoms with van der Waals surface area (Å²) in [6, 6.07) is 6.53. The molecule has 8 heteroatoms. The van der Waals surface area contributed by atoms with Gasteiger partial charge in [0.2, 0.25) is 6.10 Å². The zero-order valence-corrected chi connectivity index (χ0v) is 13.7. The van der Waals surface area contributed by atoms with Gasteiger partial charge in [-0.2, -0.15) is 0 Å². The molecule has 0 radical (unpaired) electrons. The first-order valence-corrected chi connectivity index (χ1v) is 7.62. The number of hydrogen-bond acceptors (Lipinski definition) is 5. The van der Waals surface area contributed by atoms with Crippen LogP contribution in [0, 0.1) is 0 Å². The highest BCUT2D eigenvalue weighted by Crippen LogP contribution is 2.22. The maximum Gasteiger partial charge on any atom is 0.294 e. The van der Waals surface area contributed by atoms with Crippen LogP contribution in [0.1, 0.15) is 11.7 Å². The third-order valence-corrected chi connectivity index (χ3v) is 3.81. The number of rotatable bonds is 5. The summed E-state index contributed by atoms with van der Waals surface area (Å²) in [6.45, 7) is 3.05. The molecule has 1 N–H and O–H groups in total. The number of carbonyl (C=O) groups excluding carboxylic acids is 3. The number of hydrogen-bond donors (Lipinski definition) is 2. The number of likely N-dealkylation sites (N-methyl/N-ethyl adjacent to an activating group) is 1. The first-order chi connectivity index (χ1) is 11.0. The molecule has 1 unspecified atom stereocenters. The molecule has 1 fully saturated rings. The third-order valence-electron chi connectivity index (χ3n) is 3.70. The van der Waals surface area contributed by atoms with E-state index in [9.17, 15) is 14.4 Å². The summed E-state index contributed by atoms with van der Waals surface area (Å²) in [6.07, 6.45) is -0.975. The molecule has 1 aromatic carbocycles. The van der Waals surface area contributed by atoms with Crippen molar-refractivity contribution in [3.8, 4) is 0 Å².